The molecule has 0 fully saturated rings. The molecular weight excluding hydrogens is 318 g/mol. The predicted octanol–water partition coefficient (Wildman–Crippen LogP) is 3.52. The quantitative estimate of drug-likeness (QED) is 0.933. The second-order valence-electron chi connectivity index (χ2n) is 4.71. The Morgan fingerprint density at radius 1 is 1.35 bits per heavy atom. The van der Waals surface area contributed by atoms with Gasteiger partial charge in [0.15, 0.2) is 11.9 Å². The van der Waals surface area contributed by atoms with Crippen molar-refractivity contribution in [2.45, 2.75) is 25.9 Å². The van der Waals surface area contributed by atoms with Gasteiger partial charge >= 0.3 is 0 Å². The van der Waals surface area contributed by atoms with E-state index in [0.29, 0.717) is 0 Å². The molecule has 0 saturated heterocycles. The van der Waals surface area contributed by atoms with Gasteiger partial charge in [-0.25, -0.2) is 9.97 Å². The monoisotopic (exact) mass is 333 g/mol. The van der Waals surface area contributed by atoms with E-state index in [-0.39, 0.29) is 6.10 Å². The first kappa shape index (κ1) is 13.4. The number of nitrogens with one attached hydrogen (secondary N) is 1. The molecule has 3 rings (SSSR count). The zero-order chi connectivity index (χ0) is 14.1. The van der Waals surface area contributed by atoms with Gasteiger partial charge in [0, 0.05) is 13.5 Å². The van der Waals surface area contributed by atoms with Gasteiger partial charge in [0.25, 0.3) is 0 Å². The fourth-order valence-corrected chi connectivity index (χ4v) is 3.04. The molecule has 5 heteroatoms. The van der Waals surface area contributed by atoms with Crippen LogP contribution in [0.5, 0.6) is 5.75 Å². The smallest absolute Gasteiger partial charge is 0.172 e. The largest absolute Gasteiger partial charge is 0.482 e. The topological polar surface area (TPSA) is 47.0 Å². The molecule has 0 saturated carbocycles. The summed E-state index contributed by atoms with van der Waals surface area (Å²) < 4.78 is 6.90. The van der Waals surface area contributed by atoms with Crippen molar-refractivity contribution in [1.82, 2.24) is 9.97 Å². The second-order valence-corrected chi connectivity index (χ2v) is 5.51. The summed E-state index contributed by atoms with van der Waals surface area (Å²) in [7, 11) is 1.86. The first-order chi connectivity index (χ1) is 9.72. The molecule has 1 aliphatic heterocycles. The molecule has 0 aliphatic carbocycles. The average Bonchev–Trinajstić information content (AvgIpc) is 2.91. The van der Waals surface area contributed by atoms with Crippen LogP contribution >= 0.6 is 15.9 Å². The highest BCUT2D eigenvalue weighted by Gasteiger charge is 2.27. The van der Waals surface area contributed by atoms with Gasteiger partial charge in [0.1, 0.15) is 11.6 Å². The lowest BCUT2D eigenvalue weighted by Crippen LogP contribution is -2.12. The minimum Gasteiger partial charge on any atom is -0.482 e. The Hall–Kier alpha value is -1.62. The number of aromatic nitrogens is 2. The van der Waals surface area contributed by atoms with Crippen LogP contribution in [0.25, 0.3) is 0 Å². The van der Waals surface area contributed by atoms with Crippen LogP contribution in [-0.4, -0.2) is 17.0 Å². The lowest BCUT2D eigenvalue weighted by atomic mass is 10.1. The van der Waals surface area contributed by atoms with Crippen molar-refractivity contribution in [3.05, 3.63) is 45.8 Å². The Balaban J connectivity index is 1.96. The van der Waals surface area contributed by atoms with E-state index in [1.165, 1.54) is 5.56 Å². The van der Waals surface area contributed by atoms with Crippen LogP contribution < -0.4 is 10.1 Å². The van der Waals surface area contributed by atoms with E-state index < -0.39 is 0 Å². The molecule has 104 valence electrons. The Morgan fingerprint density at radius 3 is 2.85 bits per heavy atom. The highest BCUT2D eigenvalue weighted by molar-refractivity contribution is 9.10. The lowest BCUT2D eigenvalue weighted by molar-refractivity contribution is 0.227. The molecule has 1 N–H and O–H groups in total. The van der Waals surface area contributed by atoms with Crippen LogP contribution in [0, 0.1) is 0 Å². The molecule has 2 aromatic rings. The number of nitrogens with zero attached hydrogens (tertiary/aromatic N) is 2. The number of para-hydroxylation sites is 1. The first-order valence-electron chi connectivity index (χ1n) is 6.71. The molecule has 4 nitrogen and oxygen atoms in total. The number of hydrogen-bond acceptors (Lipinski definition) is 4. The van der Waals surface area contributed by atoms with Crippen molar-refractivity contribution < 1.29 is 4.74 Å². The highest BCUT2D eigenvalue weighted by atomic mass is 79.9. The van der Waals surface area contributed by atoms with Gasteiger partial charge in [-0.3, -0.25) is 0 Å². The van der Waals surface area contributed by atoms with E-state index in [0.717, 1.165) is 40.4 Å². The lowest BCUT2D eigenvalue weighted by Gasteiger charge is -2.14. The number of halogens is 1. The number of benzene rings is 1. The highest BCUT2D eigenvalue weighted by Crippen LogP contribution is 2.36. The van der Waals surface area contributed by atoms with Crippen LogP contribution in [0.1, 0.15) is 30.1 Å². The summed E-state index contributed by atoms with van der Waals surface area (Å²) in [6.45, 7) is 2.08. The van der Waals surface area contributed by atoms with E-state index in [1.807, 2.05) is 25.2 Å². The van der Waals surface area contributed by atoms with E-state index in [1.54, 1.807) is 0 Å². The Bertz CT molecular complexity index is 595. The van der Waals surface area contributed by atoms with Crippen molar-refractivity contribution in [3.63, 3.8) is 0 Å². The molecular formula is C15H16BrN3O. The number of aryl methyl sites for hydroxylation is 1. The number of rotatable bonds is 3. The maximum atomic E-state index is 5.96. The summed E-state index contributed by atoms with van der Waals surface area (Å²) in [4.78, 5) is 9.21. The number of anilines is 1. The van der Waals surface area contributed by atoms with Crippen molar-refractivity contribution in [1.29, 1.82) is 0 Å². The summed E-state index contributed by atoms with van der Waals surface area (Å²) in [6, 6.07) is 8.10. The van der Waals surface area contributed by atoms with Crippen molar-refractivity contribution in [2.24, 2.45) is 0 Å². The third-order valence-corrected chi connectivity index (χ3v) is 4.28. The fraction of sp³-hybridized carbons (Fsp3) is 0.333. The van der Waals surface area contributed by atoms with E-state index >= 15 is 0 Å². The van der Waals surface area contributed by atoms with E-state index in [9.17, 15) is 0 Å². The van der Waals surface area contributed by atoms with Gasteiger partial charge in [-0.15, -0.1) is 0 Å². The second kappa shape index (κ2) is 5.40. The molecule has 0 bridgehead atoms. The van der Waals surface area contributed by atoms with Gasteiger partial charge in [-0.2, -0.15) is 0 Å². The normalized spacial score (nSPS) is 16.6. The maximum absolute atomic E-state index is 5.96. The standard InChI is InChI=1S/C15H16BrN3O/c1-3-10-13(16)15(17-2)19-14(18-10)12-8-9-6-4-5-7-11(9)20-12/h4-7,12H,3,8H2,1-2H3,(H,17,18,19). The van der Waals surface area contributed by atoms with Gasteiger partial charge in [-0.05, 0) is 34.0 Å². The minimum absolute atomic E-state index is 0.0992. The fourth-order valence-electron chi connectivity index (χ4n) is 2.38. The number of ether oxygens (including phenoxy) is 1. The molecule has 2 heterocycles. The molecule has 1 atom stereocenters. The maximum Gasteiger partial charge on any atom is 0.172 e. The SMILES string of the molecule is CCc1nc(C2Cc3ccccc3O2)nc(NC)c1Br. The van der Waals surface area contributed by atoms with Crippen LogP contribution in [0.2, 0.25) is 0 Å². The molecule has 20 heavy (non-hydrogen) atoms. The third kappa shape index (κ3) is 2.26. The van der Waals surface area contributed by atoms with Gasteiger partial charge < -0.3 is 10.1 Å². The van der Waals surface area contributed by atoms with Crippen LogP contribution in [-0.2, 0) is 12.8 Å². The minimum atomic E-state index is -0.0992. The summed E-state index contributed by atoms with van der Waals surface area (Å²) in [5.41, 5.74) is 2.21. The average molecular weight is 334 g/mol. The van der Waals surface area contributed by atoms with E-state index in [2.05, 4.69) is 44.2 Å². The van der Waals surface area contributed by atoms with Gasteiger partial charge in [0.05, 0.1) is 10.2 Å². The Morgan fingerprint density at radius 2 is 2.15 bits per heavy atom. The van der Waals surface area contributed by atoms with Crippen molar-refractivity contribution >= 4 is 21.7 Å². The summed E-state index contributed by atoms with van der Waals surface area (Å²) >= 11 is 3.54. The van der Waals surface area contributed by atoms with Crippen LogP contribution in [0.4, 0.5) is 5.82 Å². The molecule has 0 amide bonds. The molecule has 1 aromatic heterocycles. The Kier molecular flexibility index (Phi) is 3.61. The summed E-state index contributed by atoms with van der Waals surface area (Å²) in [5, 5.41) is 3.10. The zero-order valence-electron chi connectivity index (χ0n) is 11.5. The van der Waals surface area contributed by atoms with Gasteiger partial charge in [0.2, 0.25) is 0 Å². The zero-order valence-corrected chi connectivity index (χ0v) is 13.1. The molecule has 1 aliphatic rings. The number of hydrogen-bond donors (Lipinski definition) is 1. The van der Waals surface area contributed by atoms with E-state index in [4.69, 9.17) is 4.74 Å². The van der Waals surface area contributed by atoms with Crippen molar-refractivity contribution in [2.75, 3.05) is 12.4 Å². The predicted molar refractivity (Wildman–Crippen MR) is 82.2 cm³/mol. The number of fused-ring (bicyclic) bond motifs is 1. The van der Waals surface area contributed by atoms with Crippen LogP contribution in [0.15, 0.2) is 28.7 Å². The molecule has 1 unspecified atom stereocenters. The van der Waals surface area contributed by atoms with Gasteiger partial charge in [-0.1, -0.05) is 25.1 Å². The molecule has 0 radical (unpaired) electrons. The summed E-state index contributed by atoms with van der Waals surface area (Å²) in [6.07, 6.45) is 1.58. The third-order valence-electron chi connectivity index (χ3n) is 3.44. The molecule has 0 spiro atoms. The van der Waals surface area contributed by atoms with Crippen LogP contribution in [0.3, 0.4) is 0 Å². The van der Waals surface area contributed by atoms with Crippen molar-refractivity contribution in [3.8, 4) is 5.75 Å². The first-order valence-corrected chi connectivity index (χ1v) is 7.50. The molecule has 1 aromatic carbocycles. The Labute approximate surface area is 126 Å². The summed E-state index contributed by atoms with van der Waals surface area (Å²) in [5.74, 6) is 2.49.